The Morgan fingerprint density at radius 3 is 1.34 bits per heavy atom. The van der Waals surface area contributed by atoms with Gasteiger partial charge in [-0.05, 0) is 108 Å². The lowest BCUT2D eigenvalue weighted by atomic mass is 9.91. The third-order valence-electron chi connectivity index (χ3n) is 17.9. The molecule has 0 aliphatic carbocycles. The fraction of sp³-hybridized carbons (Fsp3) is 0.775. The summed E-state index contributed by atoms with van der Waals surface area (Å²) >= 11 is 0. The summed E-state index contributed by atoms with van der Waals surface area (Å²) in [6.45, 7) is 27.1. The number of likely N-dealkylation sites (N-methyl/N-ethyl adjacent to an activating group) is 7. The predicted octanol–water partition coefficient (Wildman–Crippen LogP) is 1.90. The number of rotatable bonds is 26. The van der Waals surface area contributed by atoms with Crippen LogP contribution in [0.15, 0.2) is 12.2 Å². The number of aliphatic hydroxyl groups is 1. The maximum atomic E-state index is 15.6. The van der Waals surface area contributed by atoms with E-state index in [1.54, 1.807) is 67.5 Å². The number of hydrogen-bond acceptors (Lipinski definition) is 18. The second-order valence-corrected chi connectivity index (χ2v) is 29.6. The van der Waals surface area contributed by atoms with Crippen molar-refractivity contribution in [3.63, 3.8) is 0 Å². The number of aliphatic carboxylic acids is 1. The van der Waals surface area contributed by atoms with Crippen molar-refractivity contribution < 1.29 is 91.5 Å². The zero-order chi connectivity index (χ0) is 79.4. The van der Waals surface area contributed by atoms with Crippen LogP contribution in [0.4, 0.5) is 4.79 Å². The molecule has 0 aromatic heterocycles. The zero-order valence-electron chi connectivity index (χ0n) is 65.6. The van der Waals surface area contributed by atoms with Crippen molar-refractivity contribution in [2.45, 2.75) is 235 Å². The van der Waals surface area contributed by atoms with Crippen LogP contribution in [-0.2, 0) is 76.5 Å². The number of allylic oxidation sites excluding steroid dienone is 2. The van der Waals surface area contributed by atoms with Gasteiger partial charge in [0.2, 0.25) is 70.9 Å². The average molecular weight is 1460 g/mol. The van der Waals surface area contributed by atoms with E-state index < -0.39 is 187 Å². The summed E-state index contributed by atoms with van der Waals surface area (Å²) in [4.78, 5) is 208. The van der Waals surface area contributed by atoms with Gasteiger partial charge in [0.1, 0.15) is 86.4 Å². The van der Waals surface area contributed by atoms with E-state index in [2.05, 4.69) is 31.9 Å². The second kappa shape index (κ2) is 44.6. The quantitative estimate of drug-likeness (QED) is 0.0265. The van der Waals surface area contributed by atoms with Gasteiger partial charge in [-0.1, -0.05) is 102 Å². The Morgan fingerprint density at radius 1 is 0.495 bits per heavy atom. The lowest BCUT2D eigenvalue weighted by Gasteiger charge is -2.41. The molecule has 13 unspecified atom stereocenters. The van der Waals surface area contributed by atoms with E-state index in [-0.39, 0.29) is 88.1 Å². The molecule has 588 valence electrons. The molecule has 1 heterocycles. The molecular formula is C71H125N13O19. The maximum absolute atomic E-state index is 15.6. The zero-order valence-corrected chi connectivity index (χ0v) is 65.6. The molecule has 13 atom stereocenters. The highest BCUT2D eigenvalue weighted by Gasteiger charge is 2.46. The lowest BCUT2D eigenvalue weighted by Crippen LogP contribution is -2.64. The topological polar surface area (TPSA) is 402 Å². The molecule has 0 saturated carbocycles. The van der Waals surface area contributed by atoms with Crippen LogP contribution >= 0.6 is 0 Å². The molecule has 32 heteroatoms. The van der Waals surface area contributed by atoms with Crippen LogP contribution in [0, 0.1) is 41.4 Å². The van der Waals surface area contributed by atoms with Crippen molar-refractivity contribution in [1.29, 1.82) is 0 Å². The van der Waals surface area contributed by atoms with Gasteiger partial charge < -0.3 is 85.3 Å². The number of carboxylic acid groups (broad SMARTS) is 1. The number of aliphatic hydroxyl groups excluding tert-OH is 1. The average Bonchev–Trinajstić information content (AvgIpc) is 0.800. The van der Waals surface area contributed by atoms with Crippen LogP contribution in [0.25, 0.3) is 0 Å². The number of ether oxygens (including phenoxy) is 3. The smallest absolute Gasteiger partial charge is 0.409 e. The molecule has 0 bridgehead atoms. The number of nitrogens with zero attached hydrogens (tertiary/aromatic N) is 7. The molecule has 1 aliphatic rings. The molecule has 1 rings (SSSR count). The molecule has 1 fully saturated rings. The number of nitrogens with one attached hydrogen (secondary N) is 6. The van der Waals surface area contributed by atoms with E-state index in [1.807, 2.05) is 41.5 Å². The third kappa shape index (κ3) is 29.9. The number of carbonyl (C=O) groups excluding carboxylic acids is 13. The van der Waals surface area contributed by atoms with E-state index in [4.69, 9.17) is 19.3 Å². The van der Waals surface area contributed by atoms with Crippen molar-refractivity contribution in [3.8, 4) is 0 Å². The first-order chi connectivity index (χ1) is 47.7. The molecule has 103 heavy (non-hydrogen) atoms. The van der Waals surface area contributed by atoms with Gasteiger partial charge in [-0.2, -0.15) is 0 Å². The molecule has 0 aromatic carbocycles. The minimum Gasteiger partial charge on any atom is -0.481 e. The largest absolute Gasteiger partial charge is 0.481 e. The Bertz CT molecular complexity index is 2890. The summed E-state index contributed by atoms with van der Waals surface area (Å²) in [6.07, 6.45) is -1.37. The summed E-state index contributed by atoms with van der Waals surface area (Å²) in [5, 5.41) is 36.6. The minimum absolute atomic E-state index is 0.0151. The SMILES string of the molecule is CC=CCC(C)C(O)C1C(=O)NC(C(C)OC(=O)NCOCCOCNC(=O)CC(=O)O)C(=O)N(C)CC(=O)N(C)C(CC(C)C)C(=O)NC(C(C)C)C(=O)N(C)C(CC(C)C)C(=O)NC(C)C(=O)NC(C)C(=O)N(C)C(CC(C)C)C(=O)N(C)C(CC(C)C)C(=O)N(C)C(CC(C)C)C(=O)N1C. The van der Waals surface area contributed by atoms with Crippen LogP contribution < -0.4 is 31.9 Å². The Hall–Kier alpha value is -8.00. The number of amides is 13. The lowest BCUT2D eigenvalue weighted by molar-refractivity contribution is -0.157. The fourth-order valence-corrected chi connectivity index (χ4v) is 11.7. The summed E-state index contributed by atoms with van der Waals surface area (Å²) in [6, 6.07) is -14.0. The molecule has 8 N–H and O–H groups in total. The highest BCUT2D eigenvalue weighted by atomic mass is 16.6. The summed E-state index contributed by atoms with van der Waals surface area (Å²) in [5.74, 6) is -13.5. The van der Waals surface area contributed by atoms with Crippen molar-refractivity contribution in [3.05, 3.63) is 12.2 Å². The number of alkyl carbamates (subject to hydrolysis) is 1. The Kier molecular flexibility index (Phi) is 40.3. The van der Waals surface area contributed by atoms with Gasteiger partial charge in [0.05, 0.1) is 25.9 Å². The van der Waals surface area contributed by atoms with Gasteiger partial charge in [0.25, 0.3) is 0 Å². The van der Waals surface area contributed by atoms with Crippen molar-refractivity contribution in [2.75, 3.05) is 82.6 Å². The van der Waals surface area contributed by atoms with Crippen LogP contribution in [0.5, 0.6) is 0 Å². The molecule has 1 aliphatic heterocycles. The van der Waals surface area contributed by atoms with E-state index in [1.165, 1.54) is 89.7 Å². The van der Waals surface area contributed by atoms with Crippen LogP contribution in [-0.4, -0.2) is 283 Å². The molecule has 32 nitrogen and oxygen atoms in total. The molecule has 0 spiro atoms. The Morgan fingerprint density at radius 2 is 0.893 bits per heavy atom. The summed E-state index contributed by atoms with van der Waals surface area (Å²) in [5.41, 5.74) is 0. The van der Waals surface area contributed by atoms with E-state index in [0.29, 0.717) is 0 Å². The standard InChI is InChI=1S/C71H125N13O19/c1-25-26-27-45(14)60(89)59-64(93)77-58(48(17)103-71(100)73-38-102-29-28-101-37-72-54(85)35-56(87)88)69(98)78(18)36-55(86)79(19)49(30-39(2)3)63(92)76-57(44(12)13)70(99)80(20)50(31-40(4)5)62(91)74-46(15)61(90)75-47(16)65(94)81(21)51(32-41(6)7)66(95)82(22)52(33-42(8)9)67(96)83(23)53(34-43(10)11)68(97)84(59)24/h25-26,39-53,57-60,89H,27-38H2,1-24H3,(H,72,85)(H,73,100)(H,74,91)(H,75,90)(H,76,92)(H,77,93)(H,87,88). The highest BCUT2D eigenvalue weighted by Crippen LogP contribution is 2.26. The number of carbonyl (C=O) groups is 14. The van der Waals surface area contributed by atoms with Crippen LogP contribution in [0.1, 0.15) is 163 Å². The van der Waals surface area contributed by atoms with Gasteiger partial charge in [-0.25, -0.2) is 4.79 Å². The molecule has 0 radical (unpaired) electrons. The number of carboxylic acids is 1. The third-order valence-corrected chi connectivity index (χ3v) is 17.9. The molecule has 0 aromatic rings. The second-order valence-electron chi connectivity index (χ2n) is 29.6. The first-order valence-electron chi connectivity index (χ1n) is 35.7. The predicted molar refractivity (Wildman–Crippen MR) is 384 cm³/mol. The van der Waals surface area contributed by atoms with Gasteiger partial charge in [0.15, 0.2) is 0 Å². The minimum atomic E-state index is -1.92. The van der Waals surface area contributed by atoms with Gasteiger partial charge in [-0.3, -0.25) is 67.6 Å². The molecular weight excluding hydrogens is 1340 g/mol. The van der Waals surface area contributed by atoms with E-state index >= 15 is 24.0 Å². The molecule has 1 saturated heterocycles. The highest BCUT2D eigenvalue weighted by molar-refractivity contribution is 6.00. The Balaban J connectivity index is 4.48. The fourth-order valence-electron chi connectivity index (χ4n) is 11.7. The van der Waals surface area contributed by atoms with Crippen LogP contribution in [0.3, 0.4) is 0 Å². The summed E-state index contributed by atoms with van der Waals surface area (Å²) in [7, 11) is 9.40. The monoisotopic (exact) mass is 1460 g/mol. The number of hydrogen-bond donors (Lipinski definition) is 8. The first kappa shape index (κ1) is 93.0. The van der Waals surface area contributed by atoms with Gasteiger partial charge in [-0.15, -0.1) is 0 Å². The van der Waals surface area contributed by atoms with Gasteiger partial charge >= 0.3 is 12.1 Å². The summed E-state index contributed by atoms with van der Waals surface area (Å²) < 4.78 is 16.3. The van der Waals surface area contributed by atoms with Crippen molar-refractivity contribution in [1.82, 2.24) is 66.2 Å². The first-order valence-corrected chi connectivity index (χ1v) is 35.7. The van der Waals surface area contributed by atoms with Crippen molar-refractivity contribution >= 4 is 82.9 Å². The maximum Gasteiger partial charge on any atom is 0.409 e. The van der Waals surface area contributed by atoms with Crippen molar-refractivity contribution in [2.24, 2.45) is 41.4 Å². The van der Waals surface area contributed by atoms with E-state index in [0.717, 1.165) is 14.7 Å². The van der Waals surface area contributed by atoms with Crippen LogP contribution in [0.2, 0.25) is 0 Å². The van der Waals surface area contributed by atoms with Gasteiger partial charge in [0, 0.05) is 49.3 Å². The molecule has 13 amide bonds. The Labute approximate surface area is 609 Å². The normalized spacial score (nSPS) is 24.4. The van der Waals surface area contributed by atoms with E-state index in [9.17, 15) is 48.3 Å².